The zero-order valence-corrected chi connectivity index (χ0v) is 12.3. The van der Waals surface area contributed by atoms with E-state index in [1.807, 2.05) is 17.0 Å². The fourth-order valence-electron chi connectivity index (χ4n) is 3.45. The third-order valence-corrected chi connectivity index (χ3v) is 4.98. The van der Waals surface area contributed by atoms with Gasteiger partial charge in [-0.1, -0.05) is 6.92 Å². The molecule has 0 radical (unpaired) electrons. The van der Waals surface area contributed by atoms with Crippen LogP contribution in [0.1, 0.15) is 55.6 Å². The van der Waals surface area contributed by atoms with Gasteiger partial charge in [-0.3, -0.25) is 4.79 Å². The molecule has 1 saturated carbocycles. The van der Waals surface area contributed by atoms with E-state index in [-0.39, 0.29) is 11.9 Å². The molecule has 2 heterocycles. The lowest BCUT2D eigenvalue weighted by atomic mass is 9.91. The van der Waals surface area contributed by atoms with Gasteiger partial charge in [-0.2, -0.15) is 0 Å². The first-order valence-electron chi connectivity index (χ1n) is 7.88. The smallest absolute Gasteiger partial charge is 0.270 e. The molecular weight excluding hydrogens is 250 g/mol. The fraction of sp³-hybridized carbons (Fsp3) is 0.688. The van der Waals surface area contributed by atoms with Crippen molar-refractivity contribution >= 4 is 5.91 Å². The number of piperidine rings is 1. The molecule has 4 heteroatoms. The zero-order chi connectivity index (χ0) is 14.1. The standard InChI is InChI=1S/C16H25N3O/c1-12-7-9-19(14(10-12)11-17)16(20)15-6-3-8-18(15)13-4-2-5-13/h3,6,8,12-14H,2,4-5,7,9-11,17H2,1H3. The van der Waals surface area contributed by atoms with Crippen molar-refractivity contribution in [2.45, 2.75) is 51.1 Å². The molecule has 20 heavy (non-hydrogen) atoms. The Bertz CT molecular complexity index is 478. The summed E-state index contributed by atoms with van der Waals surface area (Å²) in [6, 6.07) is 4.70. The number of aromatic nitrogens is 1. The molecule has 2 N–H and O–H groups in total. The van der Waals surface area contributed by atoms with Crippen LogP contribution in [0.2, 0.25) is 0 Å². The summed E-state index contributed by atoms with van der Waals surface area (Å²) in [4.78, 5) is 14.9. The third kappa shape index (κ3) is 2.37. The average molecular weight is 275 g/mol. The molecule has 2 aliphatic rings. The van der Waals surface area contributed by atoms with Crippen LogP contribution in [0.4, 0.5) is 0 Å². The van der Waals surface area contributed by atoms with Gasteiger partial charge < -0.3 is 15.2 Å². The zero-order valence-electron chi connectivity index (χ0n) is 12.3. The Morgan fingerprint density at radius 3 is 2.85 bits per heavy atom. The summed E-state index contributed by atoms with van der Waals surface area (Å²) in [6.45, 7) is 3.67. The molecule has 2 atom stereocenters. The second-order valence-corrected chi connectivity index (χ2v) is 6.40. The highest BCUT2D eigenvalue weighted by molar-refractivity contribution is 5.93. The maximum absolute atomic E-state index is 12.9. The van der Waals surface area contributed by atoms with Crippen molar-refractivity contribution in [1.29, 1.82) is 0 Å². The first-order valence-corrected chi connectivity index (χ1v) is 7.88. The minimum absolute atomic E-state index is 0.171. The minimum Gasteiger partial charge on any atom is -0.340 e. The molecule has 1 saturated heterocycles. The Labute approximate surface area is 120 Å². The van der Waals surface area contributed by atoms with Crippen molar-refractivity contribution in [3.63, 3.8) is 0 Å². The highest BCUT2D eigenvalue weighted by atomic mass is 16.2. The molecule has 4 nitrogen and oxygen atoms in total. The van der Waals surface area contributed by atoms with Gasteiger partial charge in [0.1, 0.15) is 5.69 Å². The van der Waals surface area contributed by atoms with Crippen LogP contribution in [0.3, 0.4) is 0 Å². The van der Waals surface area contributed by atoms with Gasteiger partial charge in [0.2, 0.25) is 0 Å². The Kier molecular flexibility index (Phi) is 3.83. The molecule has 110 valence electrons. The van der Waals surface area contributed by atoms with Crippen molar-refractivity contribution in [2.75, 3.05) is 13.1 Å². The number of carbonyl (C=O) groups is 1. The highest BCUT2D eigenvalue weighted by Gasteiger charge is 2.32. The molecule has 1 aromatic rings. The van der Waals surface area contributed by atoms with Gasteiger partial charge in [-0.15, -0.1) is 0 Å². The molecule has 0 spiro atoms. The number of hydrogen-bond acceptors (Lipinski definition) is 2. The molecule has 1 aliphatic heterocycles. The summed E-state index contributed by atoms with van der Waals surface area (Å²) in [5.41, 5.74) is 6.73. The van der Waals surface area contributed by atoms with E-state index in [2.05, 4.69) is 17.7 Å². The van der Waals surface area contributed by atoms with Crippen LogP contribution < -0.4 is 5.73 Å². The summed E-state index contributed by atoms with van der Waals surface area (Å²) in [5, 5.41) is 0. The Morgan fingerprint density at radius 2 is 2.20 bits per heavy atom. The summed E-state index contributed by atoms with van der Waals surface area (Å²) >= 11 is 0. The van der Waals surface area contributed by atoms with Gasteiger partial charge >= 0.3 is 0 Å². The number of likely N-dealkylation sites (tertiary alicyclic amines) is 1. The monoisotopic (exact) mass is 275 g/mol. The van der Waals surface area contributed by atoms with E-state index in [0.29, 0.717) is 18.5 Å². The highest BCUT2D eigenvalue weighted by Crippen LogP contribution is 2.33. The third-order valence-electron chi connectivity index (χ3n) is 4.98. The van der Waals surface area contributed by atoms with Crippen molar-refractivity contribution in [2.24, 2.45) is 11.7 Å². The van der Waals surface area contributed by atoms with Crippen LogP contribution in [0.25, 0.3) is 0 Å². The van der Waals surface area contributed by atoms with E-state index < -0.39 is 0 Å². The summed E-state index contributed by atoms with van der Waals surface area (Å²) in [6.07, 6.45) is 7.86. The van der Waals surface area contributed by atoms with Crippen molar-refractivity contribution in [3.05, 3.63) is 24.0 Å². The topological polar surface area (TPSA) is 51.3 Å². The Morgan fingerprint density at radius 1 is 1.40 bits per heavy atom. The van der Waals surface area contributed by atoms with Crippen LogP contribution in [0, 0.1) is 5.92 Å². The normalized spacial score (nSPS) is 27.4. The second kappa shape index (κ2) is 5.60. The van der Waals surface area contributed by atoms with E-state index >= 15 is 0 Å². The van der Waals surface area contributed by atoms with E-state index in [4.69, 9.17) is 5.73 Å². The number of carbonyl (C=O) groups excluding carboxylic acids is 1. The Balaban J connectivity index is 1.79. The Hall–Kier alpha value is -1.29. The number of rotatable bonds is 3. The summed E-state index contributed by atoms with van der Waals surface area (Å²) in [7, 11) is 0. The molecule has 1 aromatic heterocycles. The lowest BCUT2D eigenvalue weighted by Crippen LogP contribution is -2.49. The molecule has 1 aliphatic carbocycles. The molecule has 0 aromatic carbocycles. The molecule has 0 bridgehead atoms. The van der Waals surface area contributed by atoms with Gasteiger partial charge in [0.05, 0.1) is 0 Å². The minimum atomic E-state index is 0.171. The van der Waals surface area contributed by atoms with Gasteiger partial charge in [-0.25, -0.2) is 0 Å². The quantitative estimate of drug-likeness (QED) is 0.921. The molecule has 2 unspecified atom stereocenters. The average Bonchev–Trinajstić information content (AvgIpc) is 2.84. The number of nitrogens with zero attached hydrogens (tertiary/aromatic N) is 2. The molecule has 3 rings (SSSR count). The first kappa shape index (κ1) is 13.7. The maximum atomic E-state index is 12.9. The van der Waals surface area contributed by atoms with Gasteiger partial charge in [0.15, 0.2) is 0 Å². The maximum Gasteiger partial charge on any atom is 0.270 e. The van der Waals surface area contributed by atoms with Crippen LogP contribution in [0.5, 0.6) is 0 Å². The van der Waals surface area contributed by atoms with Crippen LogP contribution in [-0.4, -0.2) is 34.5 Å². The lowest BCUT2D eigenvalue weighted by molar-refractivity contribution is 0.0557. The number of amides is 1. The largest absolute Gasteiger partial charge is 0.340 e. The summed E-state index contributed by atoms with van der Waals surface area (Å²) in [5.74, 6) is 0.843. The fourth-order valence-corrected chi connectivity index (χ4v) is 3.45. The predicted octanol–water partition coefficient (Wildman–Crippen LogP) is 2.41. The van der Waals surface area contributed by atoms with E-state index in [9.17, 15) is 4.79 Å². The number of hydrogen-bond donors (Lipinski definition) is 1. The van der Waals surface area contributed by atoms with Gasteiger partial charge in [0, 0.05) is 31.4 Å². The molecule has 1 amide bonds. The van der Waals surface area contributed by atoms with E-state index in [1.165, 1.54) is 19.3 Å². The van der Waals surface area contributed by atoms with Crippen molar-refractivity contribution in [1.82, 2.24) is 9.47 Å². The number of nitrogens with two attached hydrogens (primary N) is 1. The molecular formula is C16H25N3O. The van der Waals surface area contributed by atoms with Crippen molar-refractivity contribution in [3.8, 4) is 0 Å². The van der Waals surface area contributed by atoms with Crippen LogP contribution in [0.15, 0.2) is 18.3 Å². The first-order chi connectivity index (χ1) is 9.70. The van der Waals surface area contributed by atoms with Gasteiger partial charge in [-0.05, 0) is 50.2 Å². The molecule has 2 fully saturated rings. The summed E-state index contributed by atoms with van der Waals surface area (Å²) < 4.78 is 2.18. The van der Waals surface area contributed by atoms with Gasteiger partial charge in [0.25, 0.3) is 5.91 Å². The van der Waals surface area contributed by atoms with Crippen LogP contribution in [-0.2, 0) is 0 Å². The van der Waals surface area contributed by atoms with Crippen LogP contribution >= 0.6 is 0 Å². The van der Waals surface area contributed by atoms with E-state index in [1.54, 1.807) is 0 Å². The van der Waals surface area contributed by atoms with Crippen molar-refractivity contribution < 1.29 is 4.79 Å². The lowest BCUT2D eigenvalue weighted by Gasteiger charge is -2.38. The predicted molar refractivity (Wildman–Crippen MR) is 79.6 cm³/mol. The SMILES string of the molecule is CC1CCN(C(=O)c2cccn2C2CCC2)C(CN)C1. The second-order valence-electron chi connectivity index (χ2n) is 6.40. The van der Waals surface area contributed by atoms with E-state index in [0.717, 1.165) is 25.1 Å².